The summed E-state index contributed by atoms with van der Waals surface area (Å²) in [5.41, 5.74) is 2.55. The van der Waals surface area contributed by atoms with Gasteiger partial charge in [-0.15, -0.1) is 0 Å². The smallest absolute Gasteiger partial charge is 0.222 e. The zero-order valence-corrected chi connectivity index (χ0v) is 17.2. The van der Waals surface area contributed by atoms with Crippen LogP contribution in [0.15, 0.2) is 54.9 Å². The van der Waals surface area contributed by atoms with E-state index in [-0.39, 0.29) is 0 Å². The molecule has 0 N–H and O–H groups in total. The number of likely N-dealkylation sites (tertiary alicyclic amines) is 1. The molecule has 1 aromatic heterocycles. The molecule has 5 nitrogen and oxygen atoms in total. The number of anilines is 1. The Morgan fingerprint density at radius 1 is 0.931 bits per heavy atom. The Labute approximate surface area is 174 Å². The van der Waals surface area contributed by atoms with E-state index in [1.807, 2.05) is 24.5 Å². The Morgan fingerprint density at radius 2 is 1.69 bits per heavy atom. The fraction of sp³-hybridized carbons (Fsp3) is 0.500. The van der Waals surface area contributed by atoms with Gasteiger partial charge in [-0.2, -0.15) is 0 Å². The van der Waals surface area contributed by atoms with Gasteiger partial charge in [-0.3, -0.25) is 14.7 Å². The van der Waals surface area contributed by atoms with Gasteiger partial charge >= 0.3 is 0 Å². The molecule has 154 valence electrons. The largest absolute Gasteiger partial charge is 0.368 e. The molecule has 29 heavy (non-hydrogen) atoms. The number of pyridine rings is 1. The maximum atomic E-state index is 12.7. The van der Waals surface area contributed by atoms with Crippen LogP contribution in [0.3, 0.4) is 0 Å². The summed E-state index contributed by atoms with van der Waals surface area (Å²) in [7, 11) is 0. The molecule has 0 bridgehead atoms. The number of rotatable bonds is 6. The number of carbonyl (C=O) groups is 1. The van der Waals surface area contributed by atoms with Gasteiger partial charge in [0.25, 0.3) is 0 Å². The first-order chi connectivity index (χ1) is 14.3. The third kappa shape index (κ3) is 5.57. The molecular weight excluding hydrogens is 360 g/mol. The highest BCUT2D eigenvalue weighted by molar-refractivity contribution is 5.76. The third-order valence-electron chi connectivity index (χ3n) is 6.36. The van der Waals surface area contributed by atoms with Crippen molar-refractivity contribution < 1.29 is 4.79 Å². The lowest BCUT2D eigenvalue weighted by Crippen LogP contribution is -2.48. The molecule has 2 fully saturated rings. The van der Waals surface area contributed by atoms with Gasteiger partial charge in [-0.25, -0.2) is 0 Å². The van der Waals surface area contributed by atoms with Crippen molar-refractivity contribution in [1.82, 2.24) is 14.8 Å². The number of carbonyl (C=O) groups excluding carboxylic acids is 1. The van der Waals surface area contributed by atoms with Crippen LogP contribution in [0.4, 0.5) is 5.69 Å². The lowest BCUT2D eigenvalue weighted by Gasteiger charge is -2.36. The minimum absolute atomic E-state index is 0.343. The summed E-state index contributed by atoms with van der Waals surface area (Å²) in [6, 6.07) is 14.7. The van der Waals surface area contributed by atoms with E-state index in [0.717, 1.165) is 52.2 Å². The Kier molecular flexibility index (Phi) is 6.78. The van der Waals surface area contributed by atoms with Crippen molar-refractivity contribution in [3.63, 3.8) is 0 Å². The molecule has 1 amide bonds. The van der Waals surface area contributed by atoms with Gasteiger partial charge in [-0.1, -0.05) is 24.3 Å². The van der Waals surface area contributed by atoms with Crippen LogP contribution in [0.25, 0.3) is 0 Å². The maximum absolute atomic E-state index is 12.7. The average molecular weight is 393 g/mol. The van der Waals surface area contributed by atoms with Gasteiger partial charge in [0, 0.05) is 57.2 Å². The number of benzene rings is 1. The first-order valence-corrected chi connectivity index (χ1v) is 11.0. The van der Waals surface area contributed by atoms with E-state index in [9.17, 15) is 4.79 Å². The lowest BCUT2D eigenvalue weighted by molar-refractivity contribution is -0.131. The summed E-state index contributed by atoms with van der Waals surface area (Å²) in [4.78, 5) is 23.8. The van der Waals surface area contributed by atoms with E-state index in [4.69, 9.17) is 0 Å². The molecule has 0 saturated carbocycles. The number of hydrogen-bond acceptors (Lipinski definition) is 4. The number of amides is 1. The Balaban J connectivity index is 1.15. The summed E-state index contributed by atoms with van der Waals surface area (Å²) in [5, 5.41) is 0. The second kappa shape index (κ2) is 9.88. The first-order valence-electron chi connectivity index (χ1n) is 11.0. The average Bonchev–Trinajstić information content (AvgIpc) is 2.80. The molecule has 0 aliphatic carbocycles. The summed E-state index contributed by atoms with van der Waals surface area (Å²) in [6.07, 6.45) is 7.94. The highest BCUT2D eigenvalue weighted by atomic mass is 16.2. The van der Waals surface area contributed by atoms with Gasteiger partial charge in [0.2, 0.25) is 5.91 Å². The normalized spacial score (nSPS) is 18.8. The second-order valence-electron chi connectivity index (χ2n) is 8.32. The maximum Gasteiger partial charge on any atom is 0.222 e. The Hall–Kier alpha value is -2.40. The zero-order chi connectivity index (χ0) is 19.9. The van der Waals surface area contributed by atoms with Gasteiger partial charge < -0.3 is 9.80 Å². The SMILES string of the molecule is O=C(CCC1CCN(Cc2cccnc2)CC1)N1CCN(c2ccccc2)CC1. The number of para-hydroxylation sites is 1. The predicted octanol–water partition coefficient (Wildman–Crippen LogP) is 3.42. The Bertz CT molecular complexity index is 751. The molecule has 2 aliphatic rings. The quantitative estimate of drug-likeness (QED) is 0.755. The monoisotopic (exact) mass is 392 g/mol. The van der Waals surface area contributed by atoms with E-state index in [2.05, 4.69) is 50.0 Å². The highest BCUT2D eigenvalue weighted by Crippen LogP contribution is 2.24. The van der Waals surface area contributed by atoms with Crippen LogP contribution in [-0.2, 0) is 11.3 Å². The van der Waals surface area contributed by atoms with Crippen LogP contribution in [0.1, 0.15) is 31.2 Å². The molecule has 2 aliphatic heterocycles. The summed E-state index contributed by atoms with van der Waals surface area (Å²) in [5.74, 6) is 1.03. The van der Waals surface area contributed by atoms with E-state index >= 15 is 0 Å². The van der Waals surface area contributed by atoms with Crippen molar-refractivity contribution >= 4 is 11.6 Å². The summed E-state index contributed by atoms with van der Waals surface area (Å²) < 4.78 is 0. The number of piperidine rings is 1. The first kappa shape index (κ1) is 19.9. The number of hydrogen-bond donors (Lipinski definition) is 0. The molecule has 5 heteroatoms. The van der Waals surface area contributed by atoms with E-state index in [0.29, 0.717) is 18.2 Å². The molecular formula is C24H32N4O. The van der Waals surface area contributed by atoms with Crippen molar-refractivity contribution in [2.24, 2.45) is 5.92 Å². The fourth-order valence-corrected chi connectivity index (χ4v) is 4.52. The molecule has 2 saturated heterocycles. The van der Waals surface area contributed by atoms with Crippen LogP contribution in [-0.4, -0.2) is 60.0 Å². The summed E-state index contributed by atoms with van der Waals surface area (Å²) in [6.45, 7) is 6.80. The third-order valence-corrected chi connectivity index (χ3v) is 6.36. The van der Waals surface area contributed by atoms with Crippen molar-refractivity contribution in [3.05, 3.63) is 60.4 Å². The molecule has 4 rings (SSSR count). The van der Waals surface area contributed by atoms with Gasteiger partial charge in [0.1, 0.15) is 0 Å². The van der Waals surface area contributed by atoms with Gasteiger partial charge in [0.05, 0.1) is 0 Å². The van der Waals surface area contributed by atoms with Crippen molar-refractivity contribution in [2.45, 2.75) is 32.2 Å². The number of aromatic nitrogens is 1. The minimum Gasteiger partial charge on any atom is -0.368 e. The van der Waals surface area contributed by atoms with Gasteiger partial charge in [-0.05, 0) is 62.0 Å². The predicted molar refractivity (Wildman–Crippen MR) is 117 cm³/mol. The van der Waals surface area contributed by atoms with Crippen molar-refractivity contribution in [1.29, 1.82) is 0 Å². The molecule has 0 atom stereocenters. The topological polar surface area (TPSA) is 39.7 Å². The van der Waals surface area contributed by atoms with Crippen molar-refractivity contribution in [3.8, 4) is 0 Å². The highest BCUT2D eigenvalue weighted by Gasteiger charge is 2.24. The lowest BCUT2D eigenvalue weighted by atomic mass is 9.91. The van der Waals surface area contributed by atoms with Crippen molar-refractivity contribution in [2.75, 3.05) is 44.2 Å². The van der Waals surface area contributed by atoms with Crippen LogP contribution in [0.2, 0.25) is 0 Å². The van der Waals surface area contributed by atoms with Crippen LogP contribution in [0.5, 0.6) is 0 Å². The number of nitrogens with zero attached hydrogens (tertiary/aromatic N) is 4. The Morgan fingerprint density at radius 3 is 2.38 bits per heavy atom. The van der Waals surface area contributed by atoms with E-state index in [1.54, 1.807) is 0 Å². The number of piperazine rings is 1. The molecule has 0 unspecified atom stereocenters. The standard InChI is InChI=1S/C24H32N4O/c29-24(28-17-15-27(16-18-28)23-6-2-1-3-7-23)9-8-21-10-13-26(14-11-21)20-22-5-4-12-25-19-22/h1-7,12,19,21H,8-11,13-18,20H2. The van der Waals surface area contributed by atoms with E-state index < -0.39 is 0 Å². The zero-order valence-electron chi connectivity index (χ0n) is 17.2. The van der Waals surface area contributed by atoms with Crippen LogP contribution >= 0.6 is 0 Å². The minimum atomic E-state index is 0.343. The molecule has 0 spiro atoms. The van der Waals surface area contributed by atoms with Crippen LogP contribution < -0.4 is 4.90 Å². The molecule has 0 radical (unpaired) electrons. The van der Waals surface area contributed by atoms with E-state index in [1.165, 1.54) is 24.1 Å². The molecule has 2 aromatic rings. The summed E-state index contributed by atoms with van der Waals surface area (Å²) >= 11 is 0. The second-order valence-corrected chi connectivity index (χ2v) is 8.32. The van der Waals surface area contributed by atoms with Crippen LogP contribution in [0, 0.1) is 5.92 Å². The fourth-order valence-electron chi connectivity index (χ4n) is 4.52. The van der Waals surface area contributed by atoms with Gasteiger partial charge in [0.15, 0.2) is 0 Å². The molecule has 1 aromatic carbocycles. The molecule has 3 heterocycles.